The Morgan fingerprint density at radius 3 is 2.50 bits per heavy atom. The van der Waals surface area contributed by atoms with E-state index in [2.05, 4.69) is 11.1 Å². The average molecular weight is 481 g/mol. The first-order valence-electron chi connectivity index (χ1n) is 8.21. The van der Waals surface area contributed by atoms with Crippen LogP contribution in [0.2, 0.25) is 0 Å². The number of rotatable bonds is 6. The van der Waals surface area contributed by atoms with E-state index in [1.54, 1.807) is 11.3 Å². The van der Waals surface area contributed by atoms with Crippen LogP contribution in [0.4, 0.5) is 0 Å². The van der Waals surface area contributed by atoms with E-state index in [4.69, 9.17) is 9.47 Å². The van der Waals surface area contributed by atoms with Gasteiger partial charge in [0.05, 0.1) is 13.2 Å². The fourth-order valence-electron chi connectivity index (χ4n) is 2.74. The molecular formula is C20H20INO3S. The van der Waals surface area contributed by atoms with Crippen molar-refractivity contribution in [2.24, 2.45) is 0 Å². The summed E-state index contributed by atoms with van der Waals surface area (Å²) in [7, 11) is 0. The highest BCUT2D eigenvalue weighted by Gasteiger charge is 2.17. The van der Waals surface area contributed by atoms with Crippen molar-refractivity contribution in [2.45, 2.75) is 34.0 Å². The summed E-state index contributed by atoms with van der Waals surface area (Å²) >= 11 is 3.69. The molecule has 1 N–H and O–H groups in total. The molecule has 0 atom stereocenters. The summed E-state index contributed by atoms with van der Waals surface area (Å²) in [5.41, 5.74) is 3.72. The summed E-state index contributed by atoms with van der Waals surface area (Å²) < 4.78 is 12.5. The highest BCUT2D eigenvalue weighted by molar-refractivity contribution is 14.1. The zero-order valence-electron chi connectivity index (χ0n) is 14.9. The van der Waals surface area contributed by atoms with Crippen molar-refractivity contribution < 1.29 is 9.47 Å². The second-order valence-corrected chi connectivity index (χ2v) is 8.31. The van der Waals surface area contributed by atoms with Crippen LogP contribution in [0.1, 0.15) is 27.3 Å². The zero-order chi connectivity index (χ0) is 18.7. The topological polar surface area (TPSA) is 51.3 Å². The Morgan fingerprint density at radius 1 is 1.12 bits per heavy atom. The third-order valence-electron chi connectivity index (χ3n) is 3.91. The van der Waals surface area contributed by atoms with Crippen LogP contribution in [0, 0.1) is 24.3 Å². The van der Waals surface area contributed by atoms with Gasteiger partial charge >= 0.3 is 0 Å². The molecule has 0 aliphatic rings. The maximum Gasteiger partial charge on any atom is 0.265 e. The van der Waals surface area contributed by atoms with Crippen LogP contribution in [-0.2, 0) is 18.0 Å². The predicted molar refractivity (Wildman–Crippen MR) is 113 cm³/mol. The molecule has 0 saturated heterocycles. The number of benzene rings is 1. The Balaban J connectivity index is 1.90. The number of ether oxygens (including phenoxy) is 2. The van der Waals surface area contributed by atoms with E-state index in [1.807, 2.05) is 73.0 Å². The quantitative estimate of drug-likeness (QED) is 0.475. The van der Waals surface area contributed by atoms with Crippen molar-refractivity contribution in [3.8, 4) is 11.5 Å². The van der Waals surface area contributed by atoms with E-state index in [0.29, 0.717) is 22.5 Å². The maximum atomic E-state index is 12.2. The van der Waals surface area contributed by atoms with Crippen LogP contribution in [-0.4, -0.2) is 4.98 Å². The van der Waals surface area contributed by atoms with Crippen molar-refractivity contribution in [2.75, 3.05) is 0 Å². The second kappa shape index (κ2) is 8.37. The van der Waals surface area contributed by atoms with Crippen LogP contribution in [0.25, 0.3) is 0 Å². The van der Waals surface area contributed by atoms with Gasteiger partial charge < -0.3 is 14.5 Å². The fourth-order valence-corrected chi connectivity index (χ4v) is 3.96. The lowest BCUT2D eigenvalue weighted by Gasteiger charge is -2.16. The van der Waals surface area contributed by atoms with Crippen LogP contribution < -0.4 is 10.3 Å². The van der Waals surface area contributed by atoms with Gasteiger partial charge in [-0.3, -0.25) is 4.79 Å². The third-order valence-corrected chi connectivity index (χ3v) is 5.74. The molecule has 26 heavy (non-hydrogen) atoms. The molecule has 3 rings (SSSR count). The number of aromatic nitrogens is 1. The number of hydrogen-bond donors (Lipinski definition) is 1. The molecule has 0 saturated carbocycles. The SMILES string of the molecule is Cc1cc(C)cc(Oc2c(COCc3cccs3)c(C)[nH]c(=O)c2I)c1. The van der Waals surface area contributed by atoms with Gasteiger partial charge in [0.2, 0.25) is 0 Å². The predicted octanol–water partition coefficient (Wildman–Crippen LogP) is 5.48. The second-order valence-electron chi connectivity index (χ2n) is 6.20. The highest BCUT2D eigenvalue weighted by atomic mass is 127. The minimum atomic E-state index is -0.149. The number of H-pyrrole nitrogens is 1. The molecule has 0 aliphatic carbocycles. The molecular weight excluding hydrogens is 461 g/mol. The van der Waals surface area contributed by atoms with Crippen molar-refractivity contribution in [1.82, 2.24) is 4.98 Å². The smallest absolute Gasteiger partial charge is 0.265 e. The van der Waals surface area contributed by atoms with Gasteiger partial charge in [0, 0.05) is 16.1 Å². The summed E-state index contributed by atoms with van der Waals surface area (Å²) in [4.78, 5) is 16.3. The lowest BCUT2D eigenvalue weighted by molar-refractivity contribution is 0.107. The van der Waals surface area contributed by atoms with Crippen molar-refractivity contribution in [1.29, 1.82) is 0 Å². The number of thiophene rings is 1. The normalized spacial score (nSPS) is 10.9. The fraction of sp³-hybridized carbons (Fsp3) is 0.250. The van der Waals surface area contributed by atoms with Gasteiger partial charge in [-0.05, 0) is 78.1 Å². The highest BCUT2D eigenvalue weighted by Crippen LogP contribution is 2.31. The number of halogens is 1. The molecule has 6 heteroatoms. The molecule has 0 fully saturated rings. The Morgan fingerprint density at radius 2 is 1.85 bits per heavy atom. The molecule has 136 valence electrons. The van der Waals surface area contributed by atoms with Crippen LogP contribution >= 0.6 is 33.9 Å². The molecule has 2 heterocycles. The minimum absolute atomic E-state index is 0.149. The summed E-state index contributed by atoms with van der Waals surface area (Å²) in [6.45, 7) is 6.83. The molecule has 0 aliphatic heterocycles. The number of aromatic amines is 1. The lowest BCUT2D eigenvalue weighted by atomic mass is 10.1. The Labute approximate surface area is 170 Å². The number of aryl methyl sites for hydroxylation is 3. The number of nitrogens with one attached hydrogen (secondary N) is 1. The summed E-state index contributed by atoms with van der Waals surface area (Å²) in [5, 5.41) is 2.03. The van der Waals surface area contributed by atoms with Crippen LogP contribution in [0.5, 0.6) is 11.5 Å². The van der Waals surface area contributed by atoms with E-state index >= 15 is 0 Å². The molecule has 4 nitrogen and oxygen atoms in total. The van der Waals surface area contributed by atoms with E-state index in [0.717, 1.165) is 28.1 Å². The zero-order valence-corrected chi connectivity index (χ0v) is 17.9. The van der Waals surface area contributed by atoms with Gasteiger partial charge in [-0.25, -0.2) is 0 Å². The number of hydrogen-bond acceptors (Lipinski definition) is 4. The molecule has 1 aromatic carbocycles. The molecule has 0 unspecified atom stereocenters. The van der Waals surface area contributed by atoms with E-state index in [-0.39, 0.29) is 5.56 Å². The van der Waals surface area contributed by atoms with Crippen molar-refractivity contribution in [3.63, 3.8) is 0 Å². The van der Waals surface area contributed by atoms with E-state index in [9.17, 15) is 4.79 Å². The van der Waals surface area contributed by atoms with E-state index < -0.39 is 0 Å². The van der Waals surface area contributed by atoms with Crippen molar-refractivity contribution in [3.05, 3.63) is 76.9 Å². The standard InChI is InChI=1S/C20H20INO3S/c1-12-7-13(2)9-15(8-12)25-19-17(14(3)22-20(23)18(19)21)11-24-10-16-5-4-6-26-16/h4-9H,10-11H2,1-3H3,(H,22,23). The van der Waals surface area contributed by atoms with E-state index in [1.165, 1.54) is 4.88 Å². The largest absolute Gasteiger partial charge is 0.456 e. The lowest BCUT2D eigenvalue weighted by Crippen LogP contribution is -2.16. The first-order valence-corrected chi connectivity index (χ1v) is 10.2. The summed E-state index contributed by atoms with van der Waals surface area (Å²) in [6, 6.07) is 10.1. The van der Waals surface area contributed by atoms with Crippen LogP contribution in [0.15, 0.2) is 40.5 Å². The first-order chi connectivity index (χ1) is 12.4. The van der Waals surface area contributed by atoms with Crippen LogP contribution in [0.3, 0.4) is 0 Å². The maximum absolute atomic E-state index is 12.2. The van der Waals surface area contributed by atoms with Gasteiger partial charge in [0.1, 0.15) is 9.32 Å². The first kappa shape index (κ1) is 19.1. The van der Waals surface area contributed by atoms with Gasteiger partial charge in [0.15, 0.2) is 5.75 Å². The molecule has 0 spiro atoms. The molecule has 0 bridgehead atoms. The monoisotopic (exact) mass is 481 g/mol. The minimum Gasteiger partial charge on any atom is -0.456 e. The molecule has 0 radical (unpaired) electrons. The van der Waals surface area contributed by atoms with Gasteiger partial charge in [-0.2, -0.15) is 0 Å². The Bertz CT molecular complexity index is 944. The third kappa shape index (κ3) is 4.55. The number of pyridine rings is 1. The summed E-state index contributed by atoms with van der Waals surface area (Å²) in [6.07, 6.45) is 0. The van der Waals surface area contributed by atoms with Crippen molar-refractivity contribution >= 4 is 33.9 Å². The van der Waals surface area contributed by atoms with Gasteiger partial charge in [-0.1, -0.05) is 12.1 Å². The molecule has 3 aromatic rings. The van der Waals surface area contributed by atoms with Gasteiger partial charge in [0.25, 0.3) is 5.56 Å². The Kier molecular flexibility index (Phi) is 6.16. The average Bonchev–Trinajstić information content (AvgIpc) is 3.07. The summed E-state index contributed by atoms with van der Waals surface area (Å²) in [5.74, 6) is 1.30. The molecule has 0 amide bonds. The Hall–Kier alpha value is -1.64. The van der Waals surface area contributed by atoms with Gasteiger partial charge in [-0.15, -0.1) is 11.3 Å². The molecule has 2 aromatic heterocycles.